The molecule has 2 amide bonds. The molecule has 0 saturated carbocycles. The Morgan fingerprint density at radius 3 is 2.54 bits per heavy atom. The molecular weight excluding hydrogens is 356 g/mol. The van der Waals surface area contributed by atoms with E-state index in [1.54, 1.807) is 12.1 Å². The minimum Gasteiger partial charge on any atom is -0.508 e. The zero-order valence-corrected chi connectivity index (χ0v) is 14.0. The number of rotatable bonds is 3. The van der Waals surface area contributed by atoms with Crippen molar-refractivity contribution in [3.63, 3.8) is 0 Å². The van der Waals surface area contributed by atoms with E-state index in [1.165, 1.54) is 42.5 Å². The summed E-state index contributed by atoms with van der Waals surface area (Å²) in [6, 6.07) is 11.7. The van der Waals surface area contributed by atoms with E-state index in [0.717, 1.165) is 4.90 Å². The summed E-state index contributed by atoms with van der Waals surface area (Å²) in [5.41, 5.74) is 0.468. The summed E-state index contributed by atoms with van der Waals surface area (Å²) in [5, 5.41) is 20.9. The monoisotopic (exact) mass is 368 g/mol. The van der Waals surface area contributed by atoms with Crippen molar-refractivity contribution in [3.05, 3.63) is 65.2 Å². The Hall–Kier alpha value is -3.52. The van der Waals surface area contributed by atoms with Crippen molar-refractivity contribution in [2.75, 3.05) is 4.90 Å². The van der Waals surface area contributed by atoms with Gasteiger partial charge < -0.3 is 10.2 Å². The fourth-order valence-electron chi connectivity index (χ4n) is 2.45. The highest BCUT2D eigenvalue weighted by Crippen LogP contribution is 2.23. The van der Waals surface area contributed by atoms with Gasteiger partial charge in [-0.3, -0.25) is 19.8 Å². The maximum absolute atomic E-state index is 12.8. The molecule has 130 valence electrons. The first kappa shape index (κ1) is 17.3. The van der Waals surface area contributed by atoms with Gasteiger partial charge in [-0.2, -0.15) is 0 Å². The Kier molecular flexibility index (Phi) is 4.51. The molecule has 1 fully saturated rings. The van der Waals surface area contributed by atoms with Crippen LogP contribution in [0.4, 0.5) is 5.69 Å². The number of nitrogens with zero attached hydrogens (tertiary/aromatic N) is 1. The Labute approximate surface area is 153 Å². The Bertz CT molecular complexity index is 983. The molecule has 0 aliphatic carbocycles. The van der Waals surface area contributed by atoms with Crippen LogP contribution in [0.3, 0.4) is 0 Å². The van der Waals surface area contributed by atoms with E-state index in [2.05, 4.69) is 5.32 Å². The third-order valence-corrected chi connectivity index (χ3v) is 3.92. The van der Waals surface area contributed by atoms with Crippen LogP contribution in [-0.2, 0) is 9.59 Å². The number of aromatic carboxylic acids is 1. The second-order valence-electron chi connectivity index (χ2n) is 5.41. The number of carbonyl (C=O) groups excluding carboxylic acids is 2. The maximum atomic E-state index is 12.8. The molecule has 2 aromatic carbocycles. The summed E-state index contributed by atoms with van der Waals surface area (Å²) in [5.74, 6) is -2.52. The fourth-order valence-corrected chi connectivity index (χ4v) is 2.73. The number of amides is 2. The Balaban J connectivity index is 2.03. The lowest BCUT2D eigenvalue weighted by Gasteiger charge is -2.29. The van der Waals surface area contributed by atoms with E-state index in [0.29, 0.717) is 5.56 Å². The highest BCUT2D eigenvalue weighted by Gasteiger charge is 2.34. The summed E-state index contributed by atoms with van der Waals surface area (Å²) in [6.07, 6.45) is 1.33. The van der Waals surface area contributed by atoms with Crippen molar-refractivity contribution >= 4 is 46.9 Å². The van der Waals surface area contributed by atoms with Crippen molar-refractivity contribution in [2.45, 2.75) is 0 Å². The molecule has 2 aromatic rings. The van der Waals surface area contributed by atoms with Crippen LogP contribution in [0.1, 0.15) is 15.9 Å². The molecule has 0 bridgehead atoms. The van der Waals surface area contributed by atoms with Crippen LogP contribution in [0.25, 0.3) is 6.08 Å². The molecule has 0 atom stereocenters. The number of phenolic OH excluding ortho intramolecular Hbond substituents is 1. The molecule has 3 N–H and O–H groups in total. The second kappa shape index (κ2) is 6.77. The average Bonchev–Trinajstić information content (AvgIpc) is 2.59. The first-order chi connectivity index (χ1) is 12.4. The van der Waals surface area contributed by atoms with Crippen LogP contribution in [-0.4, -0.2) is 33.1 Å². The first-order valence-corrected chi connectivity index (χ1v) is 7.81. The number of anilines is 1. The summed E-state index contributed by atoms with van der Waals surface area (Å²) in [4.78, 5) is 37.2. The van der Waals surface area contributed by atoms with Gasteiger partial charge in [0, 0.05) is 0 Å². The normalized spacial score (nSPS) is 15.9. The molecular formula is C18H12N2O5S. The molecule has 7 nitrogen and oxygen atoms in total. The molecule has 1 aliphatic rings. The highest BCUT2D eigenvalue weighted by atomic mass is 32.1. The van der Waals surface area contributed by atoms with Gasteiger partial charge in [-0.05, 0) is 54.2 Å². The van der Waals surface area contributed by atoms with E-state index in [4.69, 9.17) is 17.3 Å². The Morgan fingerprint density at radius 1 is 1.12 bits per heavy atom. The maximum Gasteiger partial charge on any atom is 0.335 e. The number of hydrogen-bond acceptors (Lipinski definition) is 5. The smallest absolute Gasteiger partial charge is 0.335 e. The Morgan fingerprint density at radius 2 is 1.85 bits per heavy atom. The van der Waals surface area contributed by atoms with Gasteiger partial charge in [-0.1, -0.05) is 18.2 Å². The van der Waals surface area contributed by atoms with Crippen molar-refractivity contribution in [2.24, 2.45) is 0 Å². The number of thiocarbonyl (C=S) groups is 1. The molecule has 0 spiro atoms. The summed E-state index contributed by atoms with van der Waals surface area (Å²) < 4.78 is 0. The molecule has 1 aliphatic heterocycles. The van der Waals surface area contributed by atoms with Gasteiger partial charge in [0.2, 0.25) is 0 Å². The van der Waals surface area contributed by atoms with E-state index in [-0.39, 0.29) is 27.7 Å². The van der Waals surface area contributed by atoms with Gasteiger partial charge in [0.15, 0.2) is 5.11 Å². The second-order valence-corrected chi connectivity index (χ2v) is 5.80. The predicted molar refractivity (Wildman–Crippen MR) is 97.7 cm³/mol. The lowest BCUT2D eigenvalue weighted by Crippen LogP contribution is -2.54. The van der Waals surface area contributed by atoms with Gasteiger partial charge in [-0.25, -0.2) is 4.79 Å². The largest absolute Gasteiger partial charge is 0.508 e. The zero-order chi connectivity index (χ0) is 18.8. The predicted octanol–water partition coefficient (Wildman–Crippen LogP) is 1.92. The van der Waals surface area contributed by atoms with Gasteiger partial charge in [0.1, 0.15) is 11.3 Å². The summed E-state index contributed by atoms with van der Waals surface area (Å²) >= 11 is 5.07. The van der Waals surface area contributed by atoms with Crippen LogP contribution < -0.4 is 10.2 Å². The molecule has 0 radical (unpaired) electrons. The van der Waals surface area contributed by atoms with Crippen LogP contribution in [0, 0.1) is 0 Å². The fraction of sp³-hybridized carbons (Fsp3) is 0. The number of nitrogens with one attached hydrogen (secondary N) is 1. The number of carboxylic acid groups (broad SMARTS) is 1. The lowest BCUT2D eigenvalue weighted by molar-refractivity contribution is -0.122. The van der Waals surface area contributed by atoms with Gasteiger partial charge in [0.05, 0.1) is 11.3 Å². The van der Waals surface area contributed by atoms with Crippen LogP contribution in [0.15, 0.2) is 54.1 Å². The zero-order valence-electron chi connectivity index (χ0n) is 13.2. The minimum atomic E-state index is -1.15. The van der Waals surface area contributed by atoms with Gasteiger partial charge in [0.25, 0.3) is 11.8 Å². The van der Waals surface area contributed by atoms with Gasteiger partial charge >= 0.3 is 5.97 Å². The third-order valence-electron chi connectivity index (χ3n) is 3.63. The third kappa shape index (κ3) is 3.31. The average molecular weight is 368 g/mol. The van der Waals surface area contributed by atoms with Crippen molar-refractivity contribution in [1.82, 2.24) is 5.32 Å². The van der Waals surface area contributed by atoms with E-state index in [1.807, 2.05) is 0 Å². The SMILES string of the molecule is O=C1NC(=S)N(c2cccc(C(=O)O)c2)C(=O)C1=Cc1cccc(O)c1. The molecule has 8 heteroatoms. The molecule has 3 rings (SSSR count). The molecule has 1 saturated heterocycles. The topological polar surface area (TPSA) is 107 Å². The van der Waals surface area contributed by atoms with Crippen LogP contribution >= 0.6 is 12.2 Å². The lowest BCUT2D eigenvalue weighted by atomic mass is 10.1. The number of carbonyl (C=O) groups is 3. The first-order valence-electron chi connectivity index (χ1n) is 7.40. The number of aromatic hydroxyl groups is 1. The van der Waals surface area contributed by atoms with Gasteiger partial charge in [-0.15, -0.1) is 0 Å². The number of hydrogen-bond donors (Lipinski definition) is 3. The van der Waals surface area contributed by atoms with Crippen molar-refractivity contribution in [1.29, 1.82) is 0 Å². The summed E-state index contributed by atoms with van der Waals surface area (Å²) in [7, 11) is 0. The number of benzene rings is 2. The summed E-state index contributed by atoms with van der Waals surface area (Å²) in [6.45, 7) is 0. The standard InChI is InChI=1S/C18H12N2O5S/c21-13-6-1-3-10(7-13)8-14-15(22)19-18(26)20(16(14)23)12-5-2-4-11(9-12)17(24)25/h1-9,21H,(H,24,25)(H,19,22,26). The molecule has 0 unspecified atom stereocenters. The van der Waals surface area contributed by atoms with E-state index in [9.17, 15) is 19.5 Å². The minimum absolute atomic E-state index is 0.00967. The number of phenols is 1. The van der Waals surface area contributed by atoms with Crippen molar-refractivity contribution < 1.29 is 24.6 Å². The van der Waals surface area contributed by atoms with Crippen LogP contribution in [0.2, 0.25) is 0 Å². The highest BCUT2D eigenvalue weighted by molar-refractivity contribution is 7.80. The van der Waals surface area contributed by atoms with Crippen LogP contribution in [0.5, 0.6) is 5.75 Å². The molecule has 0 aromatic heterocycles. The quantitative estimate of drug-likeness (QED) is 0.434. The molecule has 26 heavy (non-hydrogen) atoms. The van der Waals surface area contributed by atoms with E-state index < -0.39 is 17.8 Å². The van der Waals surface area contributed by atoms with Crippen molar-refractivity contribution in [3.8, 4) is 5.75 Å². The number of carboxylic acids is 1. The molecule has 1 heterocycles. The van der Waals surface area contributed by atoms with E-state index >= 15 is 0 Å².